The standard InChI is InChI=1S/C34H31N3O3S/c1-36-27-16-13-23(34-29(39-3)11-8-12-30(34)40-4)17-31(27)41-33(36)19-24-18-32(35)37(21-22-9-6-5-7-10-22)28-20-25(38-2)14-15-26(24)28/h5-20,35H,21H2,1-4H3/p+1. The first-order valence-corrected chi connectivity index (χ1v) is 14.1. The summed E-state index contributed by atoms with van der Waals surface area (Å²) in [6.45, 7) is 0.669. The van der Waals surface area contributed by atoms with Crippen LogP contribution >= 0.6 is 11.8 Å². The second-order valence-electron chi connectivity index (χ2n) is 9.84. The second-order valence-corrected chi connectivity index (χ2v) is 10.9. The predicted octanol–water partition coefficient (Wildman–Crippen LogP) is 6.99. The Morgan fingerprint density at radius 2 is 1.59 bits per heavy atom. The fraction of sp³-hybridized carbons (Fsp3) is 0.147. The zero-order chi connectivity index (χ0) is 28.5. The number of hydrogen-bond acceptors (Lipinski definition) is 6. The highest BCUT2D eigenvalue weighted by Gasteiger charge is 2.25. The molecule has 4 aromatic carbocycles. The molecule has 206 valence electrons. The molecule has 0 unspecified atom stereocenters. The van der Waals surface area contributed by atoms with Crippen LogP contribution < -0.4 is 29.4 Å². The van der Waals surface area contributed by atoms with Crippen molar-refractivity contribution in [3.8, 4) is 28.4 Å². The van der Waals surface area contributed by atoms with E-state index in [9.17, 15) is 0 Å². The van der Waals surface area contributed by atoms with Gasteiger partial charge in [0.25, 0.3) is 5.82 Å². The first-order chi connectivity index (χ1) is 20.0. The summed E-state index contributed by atoms with van der Waals surface area (Å²) in [6.07, 6.45) is 2.21. The van der Waals surface area contributed by atoms with E-state index in [2.05, 4.69) is 71.1 Å². The molecule has 5 aromatic rings. The Morgan fingerprint density at radius 3 is 2.29 bits per heavy atom. The lowest BCUT2D eigenvalue weighted by molar-refractivity contribution is -0.647. The van der Waals surface area contributed by atoms with Crippen LogP contribution in [0.1, 0.15) is 11.1 Å². The van der Waals surface area contributed by atoms with Crippen molar-refractivity contribution < 1.29 is 18.8 Å². The van der Waals surface area contributed by atoms with E-state index in [0.717, 1.165) is 55.6 Å². The molecule has 0 saturated heterocycles. The van der Waals surface area contributed by atoms with Crippen molar-refractivity contribution in [1.29, 1.82) is 0 Å². The molecule has 0 spiro atoms. The predicted molar refractivity (Wildman–Crippen MR) is 168 cm³/mol. The molecular weight excluding hydrogens is 530 g/mol. The third-order valence-corrected chi connectivity index (χ3v) is 8.61. The highest BCUT2D eigenvalue weighted by atomic mass is 32.2. The minimum absolute atomic E-state index is 0.669. The number of ether oxygens (including phenoxy) is 3. The molecule has 1 aliphatic rings. The number of nitrogen functional groups attached to an aromatic ring is 1. The van der Waals surface area contributed by atoms with Gasteiger partial charge in [0.2, 0.25) is 0 Å². The van der Waals surface area contributed by atoms with Crippen LogP contribution in [0.25, 0.3) is 28.1 Å². The first kappa shape index (κ1) is 26.6. The number of anilines is 2. The number of aromatic nitrogens is 1. The number of hydrogen-bond donors (Lipinski definition) is 1. The second kappa shape index (κ2) is 11.1. The number of nitrogens with zero attached hydrogens (tertiary/aromatic N) is 2. The average molecular weight is 563 g/mol. The van der Waals surface area contributed by atoms with Crippen molar-refractivity contribution in [2.24, 2.45) is 0 Å². The number of pyridine rings is 1. The van der Waals surface area contributed by atoms with Gasteiger partial charge in [0.1, 0.15) is 29.3 Å². The van der Waals surface area contributed by atoms with Crippen molar-refractivity contribution in [2.45, 2.75) is 11.4 Å². The van der Waals surface area contributed by atoms with E-state index < -0.39 is 0 Å². The number of rotatable bonds is 7. The maximum Gasteiger partial charge on any atom is 0.273 e. The molecule has 0 bridgehead atoms. The lowest BCUT2D eigenvalue weighted by Crippen LogP contribution is -2.38. The molecule has 6 rings (SSSR count). The molecule has 0 atom stereocenters. The van der Waals surface area contributed by atoms with Crippen LogP contribution in [0.4, 0.5) is 11.5 Å². The molecule has 7 heteroatoms. The zero-order valence-corrected chi connectivity index (χ0v) is 24.4. The van der Waals surface area contributed by atoms with Gasteiger partial charge in [0.05, 0.1) is 37.6 Å². The van der Waals surface area contributed by atoms with E-state index in [1.54, 1.807) is 33.1 Å². The summed E-state index contributed by atoms with van der Waals surface area (Å²) in [5, 5.41) is 2.22. The molecule has 0 aliphatic carbocycles. The maximum absolute atomic E-state index is 6.71. The monoisotopic (exact) mass is 562 g/mol. The molecule has 41 heavy (non-hydrogen) atoms. The molecule has 0 saturated carbocycles. The van der Waals surface area contributed by atoms with Crippen LogP contribution in [0.3, 0.4) is 0 Å². The molecule has 0 fully saturated rings. The summed E-state index contributed by atoms with van der Waals surface area (Å²) in [7, 11) is 7.16. The summed E-state index contributed by atoms with van der Waals surface area (Å²) < 4.78 is 19.1. The fourth-order valence-corrected chi connectivity index (χ4v) is 6.49. The summed E-state index contributed by atoms with van der Waals surface area (Å²) >= 11 is 1.74. The third kappa shape index (κ3) is 4.93. The smallest absolute Gasteiger partial charge is 0.273 e. The van der Waals surface area contributed by atoms with Crippen molar-refractivity contribution in [1.82, 2.24) is 0 Å². The number of nitrogens with two attached hydrogens (primary N) is 1. The minimum atomic E-state index is 0.669. The molecule has 0 amide bonds. The molecule has 2 N–H and O–H groups in total. The SMILES string of the molecule is COc1ccc2c(C=C3Sc4cc(-c5c(OC)cccc5OC)ccc4N3C)cc(N)[n+](Cc3ccccc3)c2c1. The summed E-state index contributed by atoms with van der Waals surface area (Å²) in [5.41, 5.74) is 13.1. The Bertz CT molecular complexity index is 1760. The molecule has 1 aliphatic heterocycles. The summed E-state index contributed by atoms with van der Waals surface area (Å²) in [4.78, 5) is 3.39. The summed E-state index contributed by atoms with van der Waals surface area (Å²) in [5.74, 6) is 3.04. The molecular formula is C34H32N3O3S+. The van der Waals surface area contributed by atoms with E-state index in [1.165, 1.54) is 10.5 Å². The van der Waals surface area contributed by atoms with Crippen LogP contribution in [0.15, 0.2) is 101 Å². The topological polar surface area (TPSA) is 60.8 Å². The maximum atomic E-state index is 6.71. The van der Waals surface area contributed by atoms with E-state index >= 15 is 0 Å². The minimum Gasteiger partial charge on any atom is -0.497 e. The van der Waals surface area contributed by atoms with Crippen LogP contribution in [-0.2, 0) is 6.54 Å². The quantitative estimate of drug-likeness (QED) is 0.216. The van der Waals surface area contributed by atoms with Crippen LogP contribution in [0.2, 0.25) is 0 Å². The van der Waals surface area contributed by atoms with Gasteiger partial charge in [-0.1, -0.05) is 54.2 Å². The van der Waals surface area contributed by atoms with E-state index in [-0.39, 0.29) is 0 Å². The van der Waals surface area contributed by atoms with Gasteiger partial charge in [0.15, 0.2) is 0 Å². The highest BCUT2D eigenvalue weighted by molar-refractivity contribution is 8.03. The van der Waals surface area contributed by atoms with Crippen LogP contribution in [-0.4, -0.2) is 28.4 Å². The van der Waals surface area contributed by atoms with E-state index in [0.29, 0.717) is 12.4 Å². The fourth-order valence-electron chi connectivity index (χ4n) is 5.35. The van der Waals surface area contributed by atoms with Gasteiger partial charge in [-0.15, -0.1) is 0 Å². The number of methoxy groups -OCH3 is 3. The lowest BCUT2D eigenvalue weighted by Gasteiger charge is -2.16. The van der Waals surface area contributed by atoms with Crippen LogP contribution in [0, 0.1) is 0 Å². The van der Waals surface area contributed by atoms with Gasteiger partial charge in [-0.25, -0.2) is 4.57 Å². The Hall–Kier alpha value is -4.62. The average Bonchev–Trinajstić information content (AvgIpc) is 3.32. The van der Waals surface area contributed by atoms with Crippen molar-refractivity contribution >= 4 is 40.2 Å². The van der Waals surface area contributed by atoms with Gasteiger partial charge in [0, 0.05) is 29.5 Å². The van der Waals surface area contributed by atoms with Gasteiger partial charge < -0.3 is 19.1 Å². The van der Waals surface area contributed by atoms with Gasteiger partial charge >= 0.3 is 0 Å². The first-order valence-electron chi connectivity index (χ1n) is 13.3. The lowest BCUT2D eigenvalue weighted by atomic mass is 10.0. The summed E-state index contributed by atoms with van der Waals surface area (Å²) in [6, 6.07) is 30.9. The Morgan fingerprint density at radius 1 is 0.829 bits per heavy atom. The normalized spacial score (nSPS) is 13.5. The van der Waals surface area contributed by atoms with E-state index in [1.807, 2.05) is 42.5 Å². The number of benzene rings is 4. The van der Waals surface area contributed by atoms with Gasteiger partial charge in [-0.3, -0.25) is 5.73 Å². The highest BCUT2D eigenvalue weighted by Crippen LogP contribution is 2.49. The number of fused-ring (bicyclic) bond motifs is 2. The van der Waals surface area contributed by atoms with Gasteiger partial charge in [-0.05, 0) is 59.2 Å². The largest absolute Gasteiger partial charge is 0.497 e. The molecule has 0 radical (unpaired) electrons. The van der Waals surface area contributed by atoms with Crippen LogP contribution in [0.5, 0.6) is 17.2 Å². The molecule has 1 aromatic heterocycles. The van der Waals surface area contributed by atoms with Crippen molar-refractivity contribution in [3.63, 3.8) is 0 Å². The van der Waals surface area contributed by atoms with Gasteiger partial charge in [-0.2, -0.15) is 0 Å². The molecule has 2 heterocycles. The van der Waals surface area contributed by atoms with Crippen molar-refractivity contribution in [3.05, 3.63) is 107 Å². The Kier molecular flexibility index (Phi) is 7.20. The Labute approximate surface area is 244 Å². The van der Waals surface area contributed by atoms with Crippen molar-refractivity contribution in [2.75, 3.05) is 39.0 Å². The zero-order valence-electron chi connectivity index (χ0n) is 23.5. The number of thioether (sulfide) groups is 1. The third-order valence-electron chi connectivity index (χ3n) is 7.47. The Balaban J connectivity index is 1.41. The van der Waals surface area contributed by atoms with E-state index in [4.69, 9.17) is 19.9 Å². The molecule has 6 nitrogen and oxygen atoms in total.